The van der Waals surface area contributed by atoms with Gasteiger partial charge in [0.15, 0.2) is 8.32 Å². The van der Waals surface area contributed by atoms with Crippen LogP contribution in [0.25, 0.3) is 0 Å². The van der Waals surface area contributed by atoms with Gasteiger partial charge in [-0.05, 0) is 50.7 Å². The number of methoxy groups -OCH3 is 1. The van der Waals surface area contributed by atoms with Gasteiger partial charge >= 0.3 is 5.97 Å². The van der Waals surface area contributed by atoms with Gasteiger partial charge in [0.05, 0.1) is 18.6 Å². The number of ether oxygens (including phenoxy) is 1. The monoisotopic (exact) mass is 328 g/mol. The summed E-state index contributed by atoms with van der Waals surface area (Å²) < 4.78 is 11.9. The van der Waals surface area contributed by atoms with Crippen molar-refractivity contribution in [2.24, 2.45) is 11.3 Å². The minimum atomic E-state index is -1.93. The Bertz CT molecular complexity index is 376. The van der Waals surface area contributed by atoms with Gasteiger partial charge in [-0.2, -0.15) is 0 Å². The van der Waals surface area contributed by atoms with E-state index in [4.69, 9.17) is 9.16 Å². The van der Waals surface area contributed by atoms with Gasteiger partial charge in [-0.15, -0.1) is 0 Å². The number of carbonyl (C=O) groups is 1. The molecule has 0 spiro atoms. The second-order valence-electron chi connectivity index (χ2n) is 8.91. The Labute approximate surface area is 138 Å². The molecule has 1 unspecified atom stereocenters. The minimum absolute atomic E-state index is 0.0406. The highest BCUT2D eigenvalue weighted by Crippen LogP contribution is 2.44. The molecule has 0 aromatic carbocycles. The van der Waals surface area contributed by atoms with Crippen LogP contribution < -0.4 is 0 Å². The smallest absolute Gasteiger partial charge is 0.313 e. The third kappa shape index (κ3) is 4.35. The molecule has 3 nitrogen and oxygen atoms in total. The van der Waals surface area contributed by atoms with Crippen LogP contribution in [0.3, 0.4) is 0 Å². The summed E-state index contributed by atoms with van der Waals surface area (Å²) in [6.07, 6.45) is 6.10. The van der Waals surface area contributed by atoms with E-state index in [9.17, 15) is 4.79 Å². The summed E-state index contributed by atoms with van der Waals surface area (Å²) in [4.78, 5) is 12.4. The van der Waals surface area contributed by atoms with Crippen molar-refractivity contribution < 1.29 is 14.0 Å². The van der Waals surface area contributed by atoms with Crippen LogP contribution in [0.2, 0.25) is 18.1 Å². The van der Waals surface area contributed by atoms with Crippen molar-refractivity contribution in [1.82, 2.24) is 0 Å². The van der Waals surface area contributed by atoms with Gasteiger partial charge in [0.2, 0.25) is 0 Å². The molecule has 0 aromatic rings. The van der Waals surface area contributed by atoms with Crippen LogP contribution in [0.5, 0.6) is 0 Å². The molecule has 0 bridgehead atoms. The van der Waals surface area contributed by atoms with E-state index in [1.165, 1.54) is 39.2 Å². The van der Waals surface area contributed by atoms with Crippen molar-refractivity contribution in [2.75, 3.05) is 7.11 Å². The maximum atomic E-state index is 12.4. The lowest BCUT2D eigenvalue weighted by molar-refractivity contribution is -0.159. The highest BCUT2D eigenvalue weighted by atomic mass is 28.4. The van der Waals surface area contributed by atoms with E-state index in [0.717, 1.165) is 0 Å². The Hall–Kier alpha value is -0.353. The average molecular weight is 329 g/mol. The molecular formula is C18H36O3Si. The summed E-state index contributed by atoms with van der Waals surface area (Å²) in [7, 11) is -0.448. The maximum Gasteiger partial charge on any atom is 0.313 e. The second kappa shape index (κ2) is 7.04. The molecule has 4 heteroatoms. The lowest BCUT2D eigenvalue weighted by Gasteiger charge is -2.46. The van der Waals surface area contributed by atoms with E-state index in [0.29, 0.717) is 5.92 Å². The Morgan fingerprint density at radius 2 is 1.55 bits per heavy atom. The first-order valence-corrected chi connectivity index (χ1v) is 11.6. The summed E-state index contributed by atoms with van der Waals surface area (Å²) in [5.41, 5.74) is -0.591. The van der Waals surface area contributed by atoms with Crippen molar-refractivity contribution in [3.63, 3.8) is 0 Å². The highest BCUT2D eigenvalue weighted by molar-refractivity contribution is 6.74. The SMILES string of the molecule is COC(=O)C(C)(C)C(O[Si](C)(C)C(C)(C)C)C1CCCCC1. The highest BCUT2D eigenvalue weighted by Gasteiger charge is 2.48. The van der Waals surface area contributed by atoms with E-state index in [1.54, 1.807) is 0 Å². The molecule has 0 saturated heterocycles. The summed E-state index contributed by atoms with van der Waals surface area (Å²) >= 11 is 0. The van der Waals surface area contributed by atoms with Crippen molar-refractivity contribution in [3.8, 4) is 0 Å². The number of esters is 1. The number of hydrogen-bond acceptors (Lipinski definition) is 3. The van der Waals surface area contributed by atoms with E-state index in [2.05, 4.69) is 33.9 Å². The molecule has 1 aliphatic carbocycles. The summed E-state index contributed by atoms with van der Waals surface area (Å²) in [5.74, 6) is 0.318. The molecule has 1 fully saturated rings. The molecule has 22 heavy (non-hydrogen) atoms. The van der Waals surface area contributed by atoms with Gasteiger partial charge in [0, 0.05) is 0 Å². The molecule has 0 aromatic heterocycles. The molecule has 0 amide bonds. The lowest BCUT2D eigenvalue weighted by Crippen LogP contribution is -2.53. The Kier molecular flexibility index (Phi) is 6.30. The Morgan fingerprint density at radius 3 is 1.95 bits per heavy atom. The molecule has 1 atom stereocenters. The van der Waals surface area contributed by atoms with Gasteiger partial charge in [-0.1, -0.05) is 40.0 Å². The van der Waals surface area contributed by atoms with E-state index in [-0.39, 0.29) is 17.1 Å². The van der Waals surface area contributed by atoms with Gasteiger partial charge < -0.3 is 9.16 Å². The van der Waals surface area contributed by atoms with Crippen LogP contribution in [-0.2, 0) is 14.0 Å². The summed E-state index contributed by atoms with van der Waals surface area (Å²) in [6.45, 7) is 15.3. The molecule has 0 N–H and O–H groups in total. The molecule has 1 saturated carbocycles. The molecule has 130 valence electrons. The van der Waals surface area contributed by atoms with Crippen LogP contribution in [0.1, 0.15) is 66.7 Å². The number of rotatable bonds is 5. The lowest BCUT2D eigenvalue weighted by atomic mass is 9.74. The zero-order valence-corrected chi connectivity index (χ0v) is 16.9. The van der Waals surface area contributed by atoms with E-state index < -0.39 is 13.7 Å². The van der Waals surface area contributed by atoms with Crippen LogP contribution in [-0.4, -0.2) is 27.5 Å². The topological polar surface area (TPSA) is 35.5 Å². The van der Waals surface area contributed by atoms with Crippen molar-refractivity contribution >= 4 is 14.3 Å². The Morgan fingerprint density at radius 1 is 1.05 bits per heavy atom. The van der Waals surface area contributed by atoms with Crippen LogP contribution in [0, 0.1) is 11.3 Å². The standard InChI is InChI=1S/C18H36O3Si/c1-17(2,3)22(7,8)21-15(14-12-10-9-11-13-14)18(4,5)16(19)20-6/h14-15H,9-13H2,1-8H3. The van der Waals surface area contributed by atoms with Crippen LogP contribution in [0.15, 0.2) is 0 Å². The largest absolute Gasteiger partial charge is 0.469 e. The molecule has 0 aliphatic heterocycles. The Balaban J connectivity index is 3.08. The van der Waals surface area contributed by atoms with Gasteiger partial charge in [-0.25, -0.2) is 0 Å². The summed E-state index contributed by atoms with van der Waals surface area (Å²) in [6, 6.07) is 0. The fourth-order valence-corrected chi connectivity index (χ4v) is 4.62. The number of hydrogen-bond donors (Lipinski definition) is 0. The zero-order chi connectivity index (χ0) is 17.2. The fraction of sp³-hybridized carbons (Fsp3) is 0.944. The van der Waals surface area contributed by atoms with Crippen molar-refractivity contribution in [3.05, 3.63) is 0 Å². The molecule has 0 radical (unpaired) electrons. The minimum Gasteiger partial charge on any atom is -0.469 e. The van der Waals surface area contributed by atoms with Crippen molar-refractivity contribution in [1.29, 1.82) is 0 Å². The maximum absolute atomic E-state index is 12.4. The predicted molar refractivity (Wildman–Crippen MR) is 94.4 cm³/mol. The van der Waals surface area contributed by atoms with Crippen LogP contribution in [0.4, 0.5) is 0 Å². The molecule has 1 rings (SSSR count). The molecule has 1 aliphatic rings. The predicted octanol–water partition coefficient (Wildman–Crippen LogP) is 5.16. The number of carbonyl (C=O) groups excluding carboxylic acids is 1. The normalized spacial score (nSPS) is 19.8. The quantitative estimate of drug-likeness (QED) is 0.517. The first kappa shape index (κ1) is 19.7. The molecule has 0 heterocycles. The van der Waals surface area contributed by atoms with Gasteiger partial charge in [0.25, 0.3) is 0 Å². The third-order valence-corrected chi connectivity index (χ3v) is 10.2. The third-order valence-electron chi connectivity index (χ3n) is 5.73. The van der Waals surface area contributed by atoms with Gasteiger partial charge in [-0.3, -0.25) is 4.79 Å². The van der Waals surface area contributed by atoms with Crippen LogP contribution >= 0.6 is 0 Å². The van der Waals surface area contributed by atoms with E-state index >= 15 is 0 Å². The summed E-state index contributed by atoms with van der Waals surface area (Å²) in [5, 5.41) is 0.145. The fourth-order valence-electron chi connectivity index (χ4n) is 3.14. The zero-order valence-electron chi connectivity index (χ0n) is 15.9. The average Bonchev–Trinajstić information content (AvgIpc) is 2.43. The van der Waals surface area contributed by atoms with E-state index in [1.807, 2.05) is 13.8 Å². The first-order chi connectivity index (χ1) is 9.93. The molecular weight excluding hydrogens is 292 g/mol. The first-order valence-electron chi connectivity index (χ1n) is 8.69. The second-order valence-corrected chi connectivity index (χ2v) is 13.7. The van der Waals surface area contributed by atoms with Gasteiger partial charge in [0.1, 0.15) is 0 Å². The van der Waals surface area contributed by atoms with Crippen molar-refractivity contribution in [2.45, 2.75) is 91.0 Å².